The number of phenols is 1. The number of carboxylic acid groups (broad SMARTS) is 1. The number of methoxy groups -OCH3 is 1. The van der Waals surface area contributed by atoms with Crippen LogP contribution in [0.3, 0.4) is 0 Å². The number of ether oxygens (including phenoxy) is 1. The van der Waals surface area contributed by atoms with E-state index in [4.69, 9.17) is 9.84 Å². The van der Waals surface area contributed by atoms with Crippen molar-refractivity contribution in [3.63, 3.8) is 0 Å². The van der Waals surface area contributed by atoms with Gasteiger partial charge in [-0.05, 0) is 19.9 Å². The molecule has 16 heavy (non-hydrogen) atoms. The Kier molecular flexibility index (Phi) is 3.09. The molecule has 0 saturated heterocycles. The molecule has 0 bridgehead atoms. The molecule has 3 N–H and O–H groups in total. The fourth-order valence-electron chi connectivity index (χ4n) is 1.40. The van der Waals surface area contributed by atoms with Gasteiger partial charge in [0.15, 0.2) is 0 Å². The molecule has 0 aliphatic rings. The molecule has 0 saturated carbocycles. The molecule has 1 aromatic rings. The zero-order valence-electron chi connectivity index (χ0n) is 9.31. The molecule has 0 spiro atoms. The van der Waals surface area contributed by atoms with Gasteiger partial charge in [0.1, 0.15) is 17.1 Å². The van der Waals surface area contributed by atoms with Crippen molar-refractivity contribution in [1.82, 2.24) is 0 Å². The number of carboxylic acids is 1. The SMILES string of the molecule is COc1cc(O)c(C(C)(C)O)cc1C(=O)O. The van der Waals surface area contributed by atoms with E-state index in [1.807, 2.05) is 0 Å². The lowest BCUT2D eigenvalue weighted by atomic mass is 9.95. The van der Waals surface area contributed by atoms with Crippen molar-refractivity contribution in [1.29, 1.82) is 0 Å². The molecule has 1 rings (SSSR count). The Balaban J connectivity index is 3.45. The molecule has 0 atom stereocenters. The van der Waals surface area contributed by atoms with Crippen LogP contribution < -0.4 is 4.74 Å². The van der Waals surface area contributed by atoms with Crippen LogP contribution in [0.4, 0.5) is 0 Å². The van der Waals surface area contributed by atoms with Gasteiger partial charge in [-0.1, -0.05) is 0 Å². The number of carbonyl (C=O) groups is 1. The monoisotopic (exact) mass is 226 g/mol. The third kappa shape index (κ3) is 2.25. The van der Waals surface area contributed by atoms with E-state index < -0.39 is 11.6 Å². The molecule has 88 valence electrons. The number of aromatic hydroxyl groups is 1. The summed E-state index contributed by atoms with van der Waals surface area (Å²) < 4.78 is 4.83. The first-order chi connectivity index (χ1) is 7.27. The van der Waals surface area contributed by atoms with Crippen LogP contribution in [0.2, 0.25) is 0 Å². The molecule has 5 heteroatoms. The lowest BCUT2D eigenvalue weighted by Crippen LogP contribution is -2.17. The Morgan fingerprint density at radius 1 is 1.38 bits per heavy atom. The number of aliphatic hydroxyl groups is 1. The highest BCUT2D eigenvalue weighted by molar-refractivity contribution is 5.91. The third-order valence-corrected chi connectivity index (χ3v) is 2.21. The second-order valence-electron chi connectivity index (χ2n) is 3.93. The Hall–Kier alpha value is -1.75. The minimum atomic E-state index is -1.32. The van der Waals surface area contributed by atoms with Crippen molar-refractivity contribution >= 4 is 5.97 Å². The molecule has 0 unspecified atom stereocenters. The first-order valence-electron chi connectivity index (χ1n) is 4.64. The van der Waals surface area contributed by atoms with Gasteiger partial charge in [-0.3, -0.25) is 0 Å². The predicted molar refractivity (Wildman–Crippen MR) is 56.9 cm³/mol. The van der Waals surface area contributed by atoms with Crippen molar-refractivity contribution in [3.8, 4) is 11.5 Å². The largest absolute Gasteiger partial charge is 0.507 e. The Labute approximate surface area is 92.9 Å². The van der Waals surface area contributed by atoms with Crippen molar-refractivity contribution in [2.24, 2.45) is 0 Å². The minimum absolute atomic E-state index is 0.0537. The number of hydrogen-bond acceptors (Lipinski definition) is 4. The standard InChI is InChI=1S/C11H14O5/c1-11(2,15)7-4-6(10(13)14)9(16-3)5-8(7)12/h4-5,12,15H,1-3H3,(H,13,14). The summed E-state index contributed by atoms with van der Waals surface area (Å²) in [7, 11) is 1.31. The summed E-state index contributed by atoms with van der Waals surface area (Å²) >= 11 is 0. The zero-order chi connectivity index (χ0) is 12.5. The highest BCUT2D eigenvalue weighted by Gasteiger charge is 2.24. The summed E-state index contributed by atoms with van der Waals surface area (Å²) in [5.74, 6) is -1.32. The van der Waals surface area contributed by atoms with Gasteiger partial charge in [-0.15, -0.1) is 0 Å². The van der Waals surface area contributed by atoms with Crippen LogP contribution in [0.1, 0.15) is 29.8 Å². The number of hydrogen-bond donors (Lipinski definition) is 3. The second-order valence-corrected chi connectivity index (χ2v) is 3.93. The highest BCUT2D eigenvalue weighted by Crippen LogP contribution is 2.34. The molecule has 0 radical (unpaired) electrons. The second kappa shape index (κ2) is 4.02. The first-order valence-corrected chi connectivity index (χ1v) is 4.64. The van der Waals surface area contributed by atoms with E-state index in [2.05, 4.69) is 0 Å². The van der Waals surface area contributed by atoms with Gasteiger partial charge in [0.05, 0.1) is 12.7 Å². The first kappa shape index (κ1) is 12.3. The number of phenolic OH excluding ortho intramolecular Hbond substituents is 1. The van der Waals surface area contributed by atoms with Crippen LogP contribution >= 0.6 is 0 Å². The lowest BCUT2D eigenvalue weighted by Gasteiger charge is -2.20. The van der Waals surface area contributed by atoms with Crippen LogP contribution in [-0.4, -0.2) is 28.4 Å². The summed E-state index contributed by atoms with van der Waals surface area (Å²) in [6, 6.07) is 2.38. The molecule has 5 nitrogen and oxygen atoms in total. The van der Waals surface area contributed by atoms with Crippen LogP contribution in [0.5, 0.6) is 11.5 Å². The van der Waals surface area contributed by atoms with E-state index in [-0.39, 0.29) is 22.6 Å². The Morgan fingerprint density at radius 2 is 1.94 bits per heavy atom. The Morgan fingerprint density at radius 3 is 2.31 bits per heavy atom. The number of rotatable bonds is 3. The quantitative estimate of drug-likeness (QED) is 0.723. The van der Waals surface area contributed by atoms with E-state index in [0.29, 0.717) is 0 Å². The van der Waals surface area contributed by atoms with Crippen molar-refractivity contribution < 1.29 is 24.9 Å². The van der Waals surface area contributed by atoms with Gasteiger partial charge in [0.25, 0.3) is 0 Å². The molecule has 0 fully saturated rings. The molecule has 0 aliphatic heterocycles. The van der Waals surface area contributed by atoms with E-state index in [9.17, 15) is 15.0 Å². The summed E-state index contributed by atoms with van der Waals surface area (Å²) in [4.78, 5) is 10.9. The van der Waals surface area contributed by atoms with Crippen LogP contribution in [0.25, 0.3) is 0 Å². The van der Waals surface area contributed by atoms with Gasteiger partial charge in [0, 0.05) is 11.6 Å². The molecular weight excluding hydrogens is 212 g/mol. The smallest absolute Gasteiger partial charge is 0.339 e. The minimum Gasteiger partial charge on any atom is -0.507 e. The van der Waals surface area contributed by atoms with E-state index in [1.54, 1.807) is 0 Å². The molecule has 1 aromatic carbocycles. The van der Waals surface area contributed by atoms with Crippen LogP contribution in [0.15, 0.2) is 12.1 Å². The van der Waals surface area contributed by atoms with Crippen LogP contribution in [-0.2, 0) is 5.60 Å². The lowest BCUT2D eigenvalue weighted by molar-refractivity contribution is 0.0687. The molecule has 0 amide bonds. The maximum Gasteiger partial charge on any atom is 0.339 e. The molecule has 0 aliphatic carbocycles. The van der Waals surface area contributed by atoms with Crippen LogP contribution in [0, 0.1) is 0 Å². The fraction of sp³-hybridized carbons (Fsp3) is 0.364. The van der Waals surface area contributed by atoms with Gasteiger partial charge >= 0.3 is 5.97 Å². The fourth-order valence-corrected chi connectivity index (χ4v) is 1.40. The van der Waals surface area contributed by atoms with E-state index in [1.165, 1.54) is 33.1 Å². The molecule has 0 aromatic heterocycles. The maximum absolute atomic E-state index is 10.9. The van der Waals surface area contributed by atoms with Crippen molar-refractivity contribution in [3.05, 3.63) is 23.3 Å². The third-order valence-electron chi connectivity index (χ3n) is 2.21. The maximum atomic E-state index is 10.9. The molecular formula is C11H14O5. The van der Waals surface area contributed by atoms with E-state index >= 15 is 0 Å². The summed E-state index contributed by atoms with van der Waals surface area (Å²) in [5.41, 5.74) is -1.27. The van der Waals surface area contributed by atoms with Crippen molar-refractivity contribution in [2.75, 3.05) is 7.11 Å². The zero-order valence-corrected chi connectivity index (χ0v) is 9.31. The summed E-state index contributed by atoms with van der Waals surface area (Å²) in [6.07, 6.45) is 0. The van der Waals surface area contributed by atoms with Gasteiger partial charge in [-0.25, -0.2) is 4.79 Å². The number of aromatic carboxylic acids is 1. The van der Waals surface area contributed by atoms with Gasteiger partial charge in [0.2, 0.25) is 0 Å². The average Bonchev–Trinajstić information content (AvgIpc) is 2.14. The highest BCUT2D eigenvalue weighted by atomic mass is 16.5. The number of benzene rings is 1. The Bertz CT molecular complexity index is 417. The molecule has 0 heterocycles. The van der Waals surface area contributed by atoms with Gasteiger partial charge in [-0.2, -0.15) is 0 Å². The van der Waals surface area contributed by atoms with Crippen molar-refractivity contribution in [2.45, 2.75) is 19.4 Å². The topological polar surface area (TPSA) is 87.0 Å². The summed E-state index contributed by atoms with van der Waals surface area (Å²) in [6.45, 7) is 2.92. The van der Waals surface area contributed by atoms with E-state index in [0.717, 1.165) is 0 Å². The predicted octanol–water partition coefficient (Wildman–Crippen LogP) is 1.33. The average molecular weight is 226 g/mol. The van der Waals surface area contributed by atoms with Gasteiger partial charge < -0.3 is 20.1 Å². The summed E-state index contributed by atoms with van der Waals surface area (Å²) in [5, 5.41) is 28.3. The normalized spacial score (nSPS) is 11.2.